The summed E-state index contributed by atoms with van der Waals surface area (Å²) < 4.78 is 5.45. The smallest absolute Gasteiger partial charge is 0.410 e. The Bertz CT molecular complexity index is 821. The van der Waals surface area contributed by atoms with Gasteiger partial charge in [-0.1, -0.05) is 6.07 Å². The SMILES string of the molecule is CC(C)(C)OC(=O)N1CCC(CN2CC(N)CN(c3cccc(C#N)c3)C2=O)CC1. The molecule has 0 saturated carbocycles. The molecule has 3 rings (SSSR count). The second-order valence-corrected chi connectivity index (χ2v) is 9.13. The number of amides is 3. The lowest BCUT2D eigenvalue weighted by molar-refractivity contribution is 0.0172. The molecule has 0 aliphatic carbocycles. The van der Waals surface area contributed by atoms with Crippen LogP contribution in [0, 0.1) is 17.2 Å². The highest BCUT2D eigenvalue weighted by Crippen LogP contribution is 2.25. The Hall–Kier alpha value is -2.79. The number of carbonyl (C=O) groups is 2. The number of nitrogens with zero attached hydrogens (tertiary/aromatic N) is 4. The summed E-state index contributed by atoms with van der Waals surface area (Å²) in [5.41, 5.74) is 6.95. The number of hydrogen-bond donors (Lipinski definition) is 1. The van der Waals surface area contributed by atoms with E-state index in [1.165, 1.54) is 0 Å². The monoisotopic (exact) mass is 413 g/mol. The highest BCUT2D eigenvalue weighted by atomic mass is 16.6. The first-order chi connectivity index (χ1) is 14.2. The summed E-state index contributed by atoms with van der Waals surface area (Å²) in [5.74, 6) is 0.310. The van der Waals surface area contributed by atoms with E-state index in [4.69, 9.17) is 15.7 Å². The zero-order valence-corrected chi connectivity index (χ0v) is 18.0. The molecule has 1 aromatic rings. The van der Waals surface area contributed by atoms with Gasteiger partial charge >= 0.3 is 12.1 Å². The number of rotatable bonds is 3. The fourth-order valence-corrected chi connectivity index (χ4v) is 3.95. The number of piperidine rings is 1. The Kier molecular flexibility index (Phi) is 6.52. The van der Waals surface area contributed by atoms with E-state index in [0.29, 0.717) is 49.9 Å². The molecule has 162 valence electrons. The number of benzene rings is 1. The Morgan fingerprint density at radius 1 is 1.27 bits per heavy atom. The Morgan fingerprint density at radius 2 is 1.97 bits per heavy atom. The molecule has 0 spiro atoms. The van der Waals surface area contributed by atoms with Crippen LogP contribution in [0.1, 0.15) is 39.2 Å². The fraction of sp³-hybridized carbons (Fsp3) is 0.591. The lowest BCUT2D eigenvalue weighted by Crippen LogP contribution is -2.59. The summed E-state index contributed by atoms with van der Waals surface area (Å²) >= 11 is 0. The van der Waals surface area contributed by atoms with E-state index < -0.39 is 5.60 Å². The lowest BCUT2D eigenvalue weighted by atomic mass is 9.96. The third-order valence-corrected chi connectivity index (χ3v) is 5.41. The van der Waals surface area contributed by atoms with Crippen LogP contribution >= 0.6 is 0 Å². The molecule has 0 bridgehead atoms. The van der Waals surface area contributed by atoms with E-state index in [2.05, 4.69) is 6.07 Å². The van der Waals surface area contributed by atoms with Gasteiger partial charge in [-0.05, 0) is 57.7 Å². The maximum Gasteiger partial charge on any atom is 0.410 e. The molecule has 30 heavy (non-hydrogen) atoms. The predicted molar refractivity (Wildman–Crippen MR) is 114 cm³/mol. The Balaban J connectivity index is 1.59. The molecule has 2 heterocycles. The van der Waals surface area contributed by atoms with Crippen molar-refractivity contribution in [1.82, 2.24) is 9.80 Å². The molecule has 2 fully saturated rings. The van der Waals surface area contributed by atoms with Crippen LogP contribution in [0.5, 0.6) is 0 Å². The van der Waals surface area contributed by atoms with Crippen LogP contribution in [-0.4, -0.2) is 66.3 Å². The van der Waals surface area contributed by atoms with Gasteiger partial charge in [0.05, 0.1) is 11.6 Å². The van der Waals surface area contributed by atoms with Crippen LogP contribution in [-0.2, 0) is 4.74 Å². The van der Waals surface area contributed by atoms with Crippen LogP contribution in [0.2, 0.25) is 0 Å². The van der Waals surface area contributed by atoms with Gasteiger partial charge in [0.2, 0.25) is 0 Å². The van der Waals surface area contributed by atoms with Crippen molar-refractivity contribution < 1.29 is 14.3 Å². The normalized spacial score (nSPS) is 20.8. The van der Waals surface area contributed by atoms with Crippen LogP contribution < -0.4 is 10.6 Å². The van der Waals surface area contributed by atoms with Crippen LogP contribution in [0.15, 0.2) is 24.3 Å². The van der Waals surface area contributed by atoms with Gasteiger partial charge in [-0.3, -0.25) is 4.90 Å². The number of ether oxygens (including phenoxy) is 1. The van der Waals surface area contributed by atoms with Crippen molar-refractivity contribution >= 4 is 17.8 Å². The van der Waals surface area contributed by atoms with Crippen molar-refractivity contribution in [2.24, 2.45) is 11.7 Å². The second kappa shape index (κ2) is 8.92. The maximum absolute atomic E-state index is 13.1. The molecule has 2 aliphatic rings. The number of anilines is 1. The molecule has 2 N–H and O–H groups in total. The van der Waals surface area contributed by atoms with Gasteiger partial charge in [-0.15, -0.1) is 0 Å². The molecular weight excluding hydrogens is 382 g/mol. The average Bonchev–Trinajstić information content (AvgIpc) is 2.69. The number of carbonyl (C=O) groups excluding carboxylic acids is 2. The number of nitriles is 1. The van der Waals surface area contributed by atoms with Crippen molar-refractivity contribution in [3.63, 3.8) is 0 Å². The van der Waals surface area contributed by atoms with Crippen molar-refractivity contribution in [1.29, 1.82) is 5.26 Å². The quantitative estimate of drug-likeness (QED) is 0.821. The molecule has 3 amide bonds. The molecule has 0 aromatic heterocycles. The summed E-state index contributed by atoms with van der Waals surface area (Å²) in [4.78, 5) is 30.6. The van der Waals surface area contributed by atoms with E-state index in [9.17, 15) is 9.59 Å². The Morgan fingerprint density at radius 3 is 2.60 bits per heavy atom. The first-order valence-corrected chi connectivity index (χ1v) is 10.5. The summed E-state index contributed by atoms with van der Waals surface area (Å²) in [6, 6.07) is 8.91. The molecular formula is C22H31N5O3. The summed E-state index contributed by atoms with van der Waals surface area (Å²) in [6.07, 6.45) is 1.37. The summed E-state index contributed by atoms with van der Waals surface area (Å²) in [6.45, 7) is 8.40. The zero-order valence-electron chi connectivity index (χ0n) is 18.0. The molecule has 2 saturated heterocycles. The number of urea groups is 1. The third-order valence-electron chi connectivity index (χ3n) is 5.41. The van der Waals surface area contributed by atoms with Crippen molar-refractivity contribution in [2.75, 3.05) is 37.6 Å². The van der Waals surface area contributed by atoms with E-state index in [-0.39, 0.29) is 18.2 Å². The lowest BCUT2D eigenvalue weighted by Gasteiger charge is -2.41. The minimum atomic E-state index is -0.503. The first kappa shape index (κ1) is 21.9. The van der Waals surface area contributed by atoms with Gasteiger partial charge < -0.3 is 20.3 Å². The molecule has 1 unspecified atom stereocenters. The van der Waals surface area contributed by atoms with E-state index in [1.807, 2.05) is 26.8 Å². The minimum absolute atomic E-state index is 0.0821. The maximum atomic E-state index is 13.1. The van der Waals surface area contributed by atoms with Crippen molar-refractivity contribution in [3.05, 3.63) is 29.8 Å². The van der Waals surface area contributed by atoms with Gasteiger partial charge in [-0.25, -0.2) is 9.59 Å². The number of hydrogen-bond acceptors (Lipinski definition) is 5. The van der Waals surface area contributed by atoms with E-state index >= 15 is 0 Å². The molecule has 0 radical (unpaired) electrons. The highest BCUT2D eigenvalue weighted by molar-refractivity contribution is 5.93. The molecule has 1 atom stereocenters. The largest absolute Gasteiger partial charge is 0.444 e. The Labute approximate surface area is 178 Å². The van der Waals surface area contributed by atoms with E-state index in [1.54, 1.807) is 32.9 Å². The minimum Gasteiger partial charge on any atom is -0.444 e. The van der Waals surface area contributed by atoms with Crippen LogP contribution in [0.4, 0.5) is 15.3 Å². The topological polar surface area (TPSA) is 103 Å². The average molecular weight is 414 g/mol. The molecule has 2 aliphatic heterocycles. The number of nitrogens with two attached hydrogens (primary N) is 1. The second-order valence-electron chi connectivity index (χ2n) is 9.13. The third kappa shape index (κ3) is 5.42. The van der Waals surface area contributed by atoms with Gasteiger partial charge in [0.25, 0.3) is 0 Å². The number of likely N-dealkylation sites (tertiary alicyclic amines) is 1. The zero-order chi connectivity index (χ0) is 21.9. The van der Waals surface area contributed by atoms with Crippen molar-refractivity contribution in [2.45, 2.75) is 45.3 Å². The van der Waals surface area contributed by atoms with Crippen molar-refractivity contribution in [3.8, 4) is 6.07 Å². The van der Waals surface area contributed by atoms with Gasteiger partial charge in [0, 0.05) is 44.5 Å². The standard InChI is InChI=1S/C22H31N5O3/c1-22(2,3)30-21(29)25-9-7-16(8-10-25)13-26-14-18(24)15-27(20(26)28)19-6-4-5-17(11-19)12-23/h4-6,11,16,18H,7-10,13-15,24H2,1-3H3. The summed E-state index contributed by atoms with van der Waals surface area (Å²) in [5, 5.41) is 9.14. The summed E-state index contributed by atoms with van der Waals surface area (Å²) in [7, 11) is 0. The van der Waals surface area contributed by atoms with Crippen LogP contribution in [0.3, 0.4) is 0 Å². The molecule has 1 aromatic carbocycles. The van der Waals surface area contributed by atoms with Gasteiger partial charge in [-0.2, -0.15) is 5.26 Å². The van der Waals surface area contributed by atoms with Gasteiger partial charge in [0.1, 0.15) is 5.60 Å². The molecule has 8 nitrogen and oxygen atoms in total. The fourth-order valence-electron chi connectivity index (χ4n) is 3.95. The van der Waals surface area contributed by atoms with Gasteiger partial charge in [0.15, 0.2) is 0 Å². The highest BCUT2D eigenvalue weighted by Gasteiger charge is 2.34. The first-order valence-electron chi connectivity index (χ1n) is 10.5. The van der Waals surface area contributed by atoms with Crippen LogP contribution in [0.25, 0.3) is 0 Å². The molecule has 8 heteroatoms. The van der Waals surface area contributed by atoms with E-state index in [0.717, 1.165) is 12.8 Å². The predicted octanol–water partition coefficient (Wildman–Crippen LogP) is 2.77.